The Kier molecular flexibility index (Phi) is 3.50. The molecule has 1 aromatic heterocycles. The maximum absolute atomic E-state index is 5.77. The van der Waals surface area contributed by atoms with Crippen LogP contribution in [0.3, 0.4) is 0 Å². The lowest BCUT2D eigenvalue weighted by atomic mass is 10.2. The number of nitrogens with zero attached hydrogens (tertiary/aromatic N) is 3. The molecule has 1 aromatic carbocycles. The van der Waals surface area contributed by atoms with Crippen LogP contribution in [-0.2, 0) is 6.42 Å². The fraction of sp³-hybridized carbons (Fsp3) is 0.385. The molecule has 0 unspecified atom stereocenters. The van der Waals surface area contributed by atoms with Gasteiger partial charge in [0.25, 0.3) is 0 Å². The van der Waals surface area contributed by atoms with Crippen molar-refractivity contribution in [2.24, 2.45) is 0 Å². The molecular formula is C13H18N4O. The number of nitrogens with two attached hydrogens (primary N) is 1. The van der Waals surface area contributed by atoms with Gasteiger partial charge in [-0.2, -0.15) is 0 Å². The number of ether oxygens (including phenoxy) is 1. The summed E-state index contributed by atoms with van der Waals surface area (Å²) in [5.74, 6) is 1.33. The van der Waals surface area contributed by atoms with E-state index in [-0.39, 0.29) is 6.10 Å². The Bertz CT molecular complexity index is 516. The molecule has 0 bridgehead atoms. The second kappa shape index (κ2) is 5.08. The zero-order valence-electron chi connectivity index (χ0n) is 10.9. The number of hydrogen-bond acceptors (Lipinski definition) is 4. The highest BCUT2D eigenvalue weighted by Gasteiger charge is 2.09. The quantitative estimate of drug-likeness (QED) is 0.898. The Morgan fingerprint density at radius 3 is 2.50 bits per heavy atom. The van der Waals surface area contributed by atoms with Crippen LogP contribution in [0.4, 0.5) is 5.82 Å². The zero-order chi connectivity index (χ0) is 13.1. The van der Waals surface area contributed by atoms with Crippen LogP contribution < -0.4 is 10.5 Å². The second-order valence-electron chi connectivity index (χ2n) is 4.35. The van der Waals surface area contributed by atoms with E-state index in [4.69, 9.17) is 10.5 Å². The first-order chi connectivity index (χ1) is 8.61. The average molecular weight is 246 g/mol. The van der Waals surface area contributed by atoms with Crippen molar-refractivity contribution >= 4 is 5.82 Å². The summed E-state index contributed by atoms with van der Waals surface area (Å²) in [6.45, 7) is 6.03. The fourth-order valence-corrected chi connectivity index (χ4v) is 1.79. The summed E-state index contributed by atoms with van der Waals surface area (Å²) in [5, 5.41) is 7.94. The van der Waals surface area contributed by atoms with Gasteiger partial charge in [0.15, 0.2) is 5.82 Å². The lowest BCUT2D eigenvalue weighted by molar-refractivity contribution is 0.242. The second-order valence-corrected chi connectivity index (χ2v) is 4.35. The molecule has 0 saturated carbocycles. The summed E-state index contributed by atoms with van der Waals surface area (Å²) in [6.07, 6.45) is 0.965. The summed E-state index contributed by atoms with van der Waals surface area (Å²) in [5.41, 5.74) is 7.63. The normalized spacial score (nSPS) is 10.9. The molecule has 5 nitrogen and oxygen atoms in total. The molecule has 5 heteroatoms. The maximum Gasteiger partial charge on any atom is 0.169 e. The Hall–Kier alpha value is -2.04. The van der Waals surface area contributed by atoms with Crippen LogP contribution in [-0.4, -0.2) is 21.1 Å². The fourth-order valence-electron chi connectivity index (χ4n) is 1.79. The molecule has 2 N–H and O–H groups in total. The molecular weight excluding hydrogens is 228 g/mol. The molecule has 0 radical (unpaired) electrons. The number of aromatic nitrogens is 3. The molecule has 0 aliphatic carbocycles. The molecule has 0 amide bonds. The Morgan fingerprint density at radius 1 is 1.28 bits per heavy atom. The molecule has 2 rings (SSSR count). The van der Waals surface area contributed by atoms with Crippen molar-refractivity contribution in [3.63, 3.8) is 0 Å². The topological polar surface area (TPSA) is 66.0 Å². The SMILES string of the molecule is CCc1c(N)nnn1-c1ccc(OC(C)C)cc1. The first-order valence-electron chi connectivity index (χ1n) is 6.09. The number of rotatable bonds is 4. The van der Waals surface area contributed by atoms with Crippen molar-refractivity contribution in [3.8, 4) is 11.4 Å². The van der Waals surface area contributed by atoms with Gasteiger partial charge in [-0.1, -0.05) is 12.1 Å². The Labute approximate surface area is 107 Å². The number of nitrogen functional groups attached to an aromatic ring is 1. The Balaban J connectivity index is 2.28. The molecule has 1 heterocycles. The zero-order valence-corrected chi connectivity index (χ0v) is 10.9. The van der Waals surface area contributed by atoms with Crippen LogP contribution >= 0.6 is 0 Å². The van der Waals surface area contributed by atoms with Gasteiger partial charge < -0.3 is 10.5 Å². The predicted molar refractivity (Wildman–Crippen MR) is 70.9 cm³/mol. The van der Waals surface area contributed by atoms with Crippen molar-refractivity contribution in [2.45, 2.75) is 33.3 Å². The molecule has 2 aromatic rings. The number of anilines is 1. The highest BCUT2D eigenvalue weighted by Crippen LogP contribution is 2.19. The van der Waals surface area contributed by atoms with Gasteiger partial charge in [0.1, 0.15) is 5.75 Å². The van der Waals surface area contributed by atoms with E-state index in [0.29, 0.717) is 5.82 Å². The molecule has 0 spiro atoms. The molecule has 0 fully saturated rings. The van der Waals surface area contributed by atoms with Crippen molar-refractivity contribution in [3.05, 3.63) is 30.0 Å². The van der Waals surface area contributed by atoms with E-state index < -0.39 is 0 Å². The minimum absolute atomic E-state index is 0.170. The first-order valence-corrected chi connectivity index (χ1v) is 6.09. The summed E-state index contributed by atoms with van der Waals surface area (Å²) >= 11 is 0. The van der Waals surface area contributed by atoms with Crippen LogP contribution in [0.15, 0.2) is 24.3 Å². The smallest absolute Gasteiger partial charge is 0.169 e. The summed E-state index contributed by atoms with van der Waals surface area (Å²) in [4.78, 5) is 0. The summed E-state index contributed by atoms with van der Waals surface area (Å²) in [6, 6.07) is 7.75. The highest BCUT2D eigenvalue weighted by molar-refractivity contribution is 5.42. The van der Waals surface area contributed by atoms with E-state index in [1.54, 1.807) is 4.68 Å². The minimum atomic E-state index is 0.170. The lowest BCUT2D eigenvalue weighted by Crippen LogP contribution is -2.06. The van der Waals surface area contributed by atoms with Crippen LogP contribution in [0.5, 0.6) is 5.75 Å². The monoisotopic (exact) mass is 246 g/mol. The standard InChI is InChI=1S/C13H18N4O/c1-4-12-13(14)15-16-17(12)10-5-7-11(8-6-10)18-9(2)3/h5-9H,4,14H2,1-3H3. The average Bonchev–Trinajstić information content (AvgIpc) is 2.70. The Morgan fingerprint density at radius 2 is 1.94 bits per heavy atom. The molecule has 0 atom stereocenters. The predicted octanol–water partition coefficient (Wildman–Crippen LogP) is 2.20. The highest BCUT2D eigenvalue weighted by atomic mass is 16.5. The number of benzene rings is 1. The van der Waals surface area contributed by atoms with E-state index >= 15 is 0 Å². The van der Waals surface area contributed by atoms with E-state index in [1.807, 2.05) is 45.0 Å². The maximum atomic E-state index is 5.77. The van der Waals surface area contributed by atoms with Gasteiger partial charge in [0.05, 0.1) is 17.5 Å². The minimum Gasteiger partial charge on any atom is -0.491 e. The third-order valence-corrected chi connectivity index (χ3v) is 2.58. The lowest BCUT2D eigenvalue weighted by Gasteiger charge is -2.10. The van der Waals surface area contributed by atoms with Gasteiger partial charge in [-0.25, -0.2) is 4.68 Å². The summed E-state index contributed by atoms with van der Waals surface area (Å²) in [7, 11) is 0. The third-order valence-electron chi connectivity index (χ3n) is 2.58. The van der Waals surface area contributed by atoms with Crippen molar-refractivity contribution in [1.82, 2.24) is 15.0 Å². The van der Waals surface area contributed by atoms with Crippen LogP contribution in [0.2, 0.25) is 0 Å². The summed E-state index contributed by atoms with van der Waals surface area (Å²) < 4.78 is 7.36. The van der Waals surface area contributed by atoms with Gasteiger partial charge in [-0.3, -0.25) is 0 Å². The van der Waals surface area contributed by atoms with Gasteiger partial charge in [0, 0.05) is 0 Å². The largest absolute Gasteiger partial charge is 0.491 e. The van der Waals surface area contributed by atoms with Crippen LogP contribution in [0.1, 0.15) is 26.5 Å². The van der Waals surface area contributed by atoms with Crippen molar-refractivity contribution in [1.29, 1.82) is 0 Å². The van der Waals surface area contributed by atoms with E-state index in [2.05, 4.69) is 10.3 Å². The van der Waals surface area contributed by atoms with Crippen LogP contribution in [0, 0.1) is 0 Å². The first kappa shape index (κ1) is 12.4. The molecule has 0 aliphatic heterocycles. The molecule has 96 valence electrons. The third kappa shape index (κ3) is 2.45. The van der Waals surface area contributed by atoms with Crippen molar-refractivity contribution < 1.29 is 4.74 Å². The van der Waals surface area contributed by atoms with Gasteiger partial charge in [-0.05, 0) is 44.5 Å². The molecule has 0 saturated heterocycles. The molecule has 0 aliphatic rings. The van der Waals surface area contributed by atoms with Gasteiger partial charge in [0.2, 0.25) is 0 Å². The van der Waals surface area contributed by atoms with Crippen LogP contribution in [0.25, 0.3) is 5.69 Å². The number of hydrogen-bond donors (Lipinski definition) is 1. The van der Waals surface area contributed by atoms with Gasteiger partial charge in [-0.15, -0.1) is 5.10 Å². The molecule has 18 heavy (non-hydrogen) atoms. The van der Waals surface area contributed by atoms with Gasteiger partial charge >= 0.3 is 0 Å². The van der Waals surface area contributed by atoms with Crippen molar-refractivity contribution in [2.75, 3.05) is 5.73 Å². The van der Waals surface area contributed by atoms with E-state index in [1.165, 1.54) is 0 Å². The van der Waals surface area contributed by atoms with E-state index in [9.17, 15) is 0 Å². The van der Waals surface area contributed by atoms with E-state index in [0.717, 1.165) is 23.6 Å².